The van der Waals surface area contributed by atoms with Crippen LogP contribution in [0.15, 0.2) is 41.3 Å². The third-order valence-electron chi connectivity index (χ3n) is 3.59. The standard InChI is InChI=1S/C16H17FN2O5S/c1-19(12-7-5-4-6-10(12)16(18)20)25(21,22)15-9-14(24-3)13(23-2)8-11(15)17/h4-9H,1-3H3,(H2,18,20). The van der Waals surface area contributed by atoms with Gasteiger partial charge in [-0.2, -0.15) is 0 Å². The Morgan fingerprint density at radius 1 is 1.12 bits per heavy atom. The van der Waals surface area contributed by atoms with Gasteiger partial charge in [-0.25, -0.2) is 12.8 Å². The van der Waals surface area contributed by atoms with Crippen LogP contribution in [0, 0.1) is 5.82 Å². The van der Waals surface area contributed by atoms with Gasteiger partial charge in [-0.3, -0.25) is 9.10 Å². The molecule has 0 atom stereocenters. The topological polar surface area (TPSA) is 98.9 Å². The number of rotatable bonds is 6. The van der Waals surface area contributed by atoms with Crippen LogP contribution in [0.2, 0.25) is 0 Å². The lowest BCUT2D eigenvalue weighted by Gasteiger charge is -2.22. The van der Waals surface area contributed by atoms with Gasteiger partial charge in [-0.1, -0.05) is 12.1 Å². The van der Waals surface area contributed by atoms with Gasteiger partial charge in [0.15, 0.2) is 11.5 Å². The lowest BCUT2D eigenvalue weighted by Crippen LogP contribution is -2.29. The van der Waals surface area contributed by atoms with Crippen molar-refractivity contribution in [2.45, 2.75) is 4.90 Å². The zero-order valence-corrected chi connectivity index (χ0v) is 14.6. The molecule has 2 N–H and O–H groups in total. The van der Waals surface area contributed by atoms with E-state index in [2.05, 4.69) is 0 Å². The number of carbonyl (C=O) groups excluding carboxylic acids is 1. The van der Waals surface area contributed by atoms with E-state index in [9.17, 15) is 17.6 Å². The molecule has 0 fully saturated rings. The fourth-order valence-electron chi connectivity index (χ4n) is 2.27. The van der Waals surface area contributed by atoms with Crippen LogP contribution in [0.3, 0.4) is 0 Å². The van der Waals surface area contributed by atoms with Crippen molar-refractivity contribution >= 4 is 21.6 Å². The highest BCUT2D eigenvalue weighted by atomic mass is 32.2. The van der Waals surface area contributed by atoms with E-state index in [1.165, 1.54) is 33.4 Å². The third kappa shape index (κ3) is 3.36. The van der Waals surface area contributed by atoms with Crippen molar-refractivity contribution in [1.82, 2.24) is 0 Å². The van der Waals surface area contributed by atoms with Crippen molar-refractivity contribution in [2.75, 3.05) is 25.6 Å². The molecule has 1 amide bonds. The molecule has 0 aromatic heterocycles. The summed E-state index contributed by atoms with van der Waals surface area (Å²) in [5.41, 5.74) is 5.30. The molecule has 0 heterocycles. The Hall–Kier alpha value is -2.81. The molecule has 0 saturated carbocycles. The first kappa shape index (κ1) is 18.5. The van der Waals surface area contributed by atoms with E-state index in [-0.39, 0.29) is 22.7 Å². The Balaban J connectivity index is 2.62. The molecule has 2 aromatic rings. The van der Waals surface area contributed by atoms with E-state index >= 15 is 0 Å². The first-order valence-electron chi connectivity index (χ1n) is 7.03. The summed E-state index contributed by atoms with van der Waals surface area (Å²) in [5.74, 6) is -1.70. The van der Waals surface area contributed by atoms with E-state index in [1.54, 1.807) is 12.1 Å². The van der Waals surface area contributed by atoms with Crippen LogP contribution in [-0.4, -0.2) is 35.6 Å². The van der Waals surface area contributed by atoms with Gasteiger partial charge in [-0.05, 0) is 12.1 Å². The molecule has 0 radical (unpaired) electrons. The minimum absolute atomic E-state index is 0.00513. The molecule has 0 aliphatic heterocycles. The predicted molar refractivity (Wildman–Crippen MR) is 90.1 cm³/mol. The fraction of sp³-hybridized carbons (Fsp3) is 0.188. The number of hydrogen-bond donors (Lipinski definition) is 1. The second kappa shape index (κ2) is 6.98. The van der Waals surface area contributed by atoms with Gasteiger partial charge in [0.1, 0.15) is 10.7 Å². The van der Waals surface area contributed by atoms with Crippen LogP contribution in [0.25, 0.3) is 0 Å². The number of nitrogens with zero attached hydrogens (tertiary/aromatic N) is 1. The quantitative estimate of drug-likeness (QED) is 0.838. The molecule has 2 rings (SSSR count). The van der Waals surface area contributed by atoms with E-state index in [4.69, 9.17) is 15.2 Å². The Bertz CT molecular complexity index is 915. The van der Waals surface area contributed by atoms with E-state index in [1.807, 2.05) is 0 Å². The first-order chi connectivity index (χ1) is 11.7. The zero-order chi connectivity index (χ0) is 18.8. The minimum atomic E-state index is -4.32. The van der Waals surface area contributed by atoms with Crippen LogP contribution in [0.5, 0.6) is 11.5 Å². The second-order valence-corrected chi connectivity index (χ2v) is 6.93. The summed E-state index contributed by atoms with van der Waals surface area (Å²) in [6.07, 6.45) is 0. The number of nitrogens with two attached hydrogens (primary N) is 1. The molecule has 0 bridgehead atoms. The molecule has 7 nitrogen and oxygen atoms in total. The van der Waals surface area contributed by atoms with E-state index in [0.29, 0.717) is 0 Å². The van der Waals surface area contributed by atoms with Crippen molar-refractivity contribution in [3.63, 3.8) is 0 Å². The number of primary amides is 1. The average Bonchev–Trinajstić information content (AvgIpc) is 2.60. The number of methoxy groups -OCH3 is 2. The third-order valence-corrected chi connectivity index (χ3v) is 5.37. The Labute approximate surface area is 144 Å². The van der Waals surface area contributed by atoms with Gasteiger partial charge in [0.05, 0.1) is 25.5 Å². The van der Waals surface area contributed by atoms with Gasteiger partial charge in [0.2, 0.25) is 0 Å². The summed E-state index contributed by atoms with van der Waals surface area (Å²) in [4.78, 5) is 10.9. The van der Waals surface area contributed by atoms with Gasteiger partial charge < -0.3 is 15.2 Å². The first-order valence-corrected chi connectivity index (χ1v) is 8.47. The number of anilines is 1. The summed E-state index contributed by atoms with van der Waals surface area (Å²) in [7, 11) is -0.510. The predicted octanol–water partition coefficient (Wildman–Crippen LogP) is 1.77. The number of ether oxygens (including phenoxy) is 2. The zero-order valence-electron chi connectivity index (χ0n) is 13.8. The van der Waals surface area contributed by atoms with Crippen LogP contribution < -0.4 is 19.5 Å². The number of hydrogen-bond acceptors (Lipinski definition) is 5. The molecule has 2 aromatic carbocycles. The molecule has 134 valence electrons. The molecule has 0 saturated heterocycles. The molecule has 0 aliphatic carbocycles. The second-order valence-electron chi connectivity index (χ2n) is 4.99. The number of halogens is 1. The molecule has 0 aliphatic rings. The summed E-state index contributed by atoms with van der Waals surface area (Å²) in [6.45, 7) is 0. The molecule has 9 heteroatoms. The SMILES string of the molecule is COc1cc(F)c(S(=O)(=O)N(C)c2ccccc2C(N)=O)cc1OC. The minimum Gasteiger partial charge on any atom is -0.493 e. The van der Waals surface area contributed by atoms with Crippen LogP contribution in [-0.2, 0) is 10.0 Å². The maximum absolute atomic E-state index is 14.4. The van der Waals surface area contributed by atoms with E-state index < -0.39 is 26.6 Å². The Morgan fingerprint density at radius 3 is 2.24 bits per heavy atom. The highest BCUT2D eigenvalue weighted by molar-refractivity contribution is 7.92. The number of benzene rings is 2. The number of para-hydroxylation sites is 1. The van der Waals surface area contributed by atoms with Crippen molar-refractivity contribution in [3.8, 4) is 11.5 Å². The molecule has 25 heavy (non-hydrogen) atoms. The maximum Gasteiger partial charge on any atom is 0.267 e. The maximum atomic E-state index is 14.4. The van der Waals surface area contributed by atoms with Gasteiger partial charge in [0.25, 0.3) is 15.9 Å². The fourth-order valence-corrected chi connectivity index (χ4v) is 3.54. The van der Waals surface area contributed by atoms with E-state index in [0.717, 1.165) is 16.4 Å². The van der Waals surface area contributed by atoms with Crippen molar-refractivity contribution in [2.24, 2.45) is 5.73 Å². The average molecular weight is 368 g/mol. The Morgan fingerprint density at radius 2 is 1.68 bits per heavy atom. The highest BCUT2D eigenvalue weighted by Gasteiger charge is 2.29. The summed E-state index contributed by atoms with van der Waals surface area (Å²) in [5, 5.41) is 0. The van der Waals surface area contributed by atoms with Crippen molar-refractivity contribution < 1.29 is 27.1 Å². The van der Waals surface area contributed by atoms with Crippen LogP contribution in [0.1, 0.15) is 10.4 Å². The smallest absolute Gasteiger partial charge is 0.267 e. The normalized spacial score (nSPS) is 11.0. The number of amides is 1. The Kier molecular flexibility index (Phi) is 5.17. The van der Waals surface area contributed by atoms with Crippen LogP contribution in [0.4, 0.5) is 10.1 Å². The molecular weight excluding hydrogens is 351 g/mol. The molecule has 0 spiro atoms. The summed E-state index contributed by atoms with van der Waals surface area (Å²) < 4.78 is 50.8. The lowest BCUT2D eigenvalue weighted by molar-refractivity contribution is 0.100. The number of carbonyl (C=O) groups is 1. The molecule has 0 unspecified atom stereocenters. The monoisotopic (exact) mass is 368 g/mol. The lowest BCUT2D eigenvalue weighted by atomic mass is 10.2. The van der Waals surface area contributed by atoms with Crippen LogP contribution >= 0.6 is 0 Å². The largest absolute Gasteiger partial charge is 0.493 e. The summed E-state index contributed by atoms with van der Waals surface area (Å²) >= 11 is 0. The molecular formula is C16H17FN2O5S. The number of sulfonamides is 1. The van der Waals surface area contributed by atoms with Gasteiger partial charge >= 0.3 is 0 Å². The van der Waals surface area contributed by atoms with Gasteiger partial charge in [-0.15, -0.1) is 0 Å². The highest BCUT2D eigenvalue weighted by Crippen LogP contribution is 2.34. The van der Waals surface area contributed by atoms with Crippen molar-refractivity contribution in [3.05, 3.63) is 47.8 Å². The summed E-state index contributed by atoms with van der Waals surface area (Å²) in [6, 6.07) is 7.80. The van der Waals surface area contributed by atoms with Crippen molar-refractivity contribution in [1.29, 1.82) is 0 Å². The van der Waals surface area contributed by atoms with Gasteiger partial charge in [0, 0.05) is 19.2 Å².